The van der Waals surface area contributed by atoms with Crippen LogP contribution in [0.5, 0.6) is 0 Å². The van der Waals surface area contributed by atoms with E-state index in [0.717, 1.165) is 11.3 Å². The molecular formula is C17H21ClN4O. The maximum Gasteiger partial charge on any atom is 0.270 e. The van der Waals surface area contributed by atoms with Gasteiger partial charge in [0.15, 0.2) is 0 Å². The lowest BCUT2D eigenvalue weighted by Gasteiger charge is -2.20. The number of halogens is 1. The molecule has 1 heterocycles. The molecule has 0 saturated heterocycles. The number of rotatable bonds is 4. The number of aromatic nitrogens is 2. The molecule has 0 unspecified atom stereocenters. The summed E-state index contributed by atoms with van der Waals surface area (Å²) in [6, 6.07) is 9.23. The summed E-state index contributed by atoms with van der Waals surface area (Å²) >= 11 is 6.13. The van der Waals surface area contributed by atoms with E-state index in [4.69, 9.17) is 11.6 Å². The van der Waals surface area contributed by atoms with E-state index in [1.807, 2.05) is 52.0 Å². The van der Waals surface area contributed by atoms with Crippen molar-refractivity contribution in [3.63, 3.8) is 0 Å². The van der Waals surface area contributed by atoms with Crippen LogP contribution in [0.1, 0.15) is 42.5 Å². The average molecular weight is 333 g/mol. The van der Waals surface area contributed by atoms with Crippen LogP contribution in [0.4, 0.5) is 5.95 Å². The lowest BCUT2D eigenvalue weighted by Crippen LogP contribution is -2.41. The minimum atomic E-state index is -0.318. The van der Waals surface area contributed by atoms with E-state index in [9.17, 15) is 4.79 Å². The Bertz CT molecular complexity index is 710. The van der Waals surface area contributed by atoms with Crippen LogP contribution in [0, 0.1) is 6.92 Å². The first-order valence-electron chi connectivity index (χ1n) is 7.40. The largest absolute Gasteiger partial charge is 0.350 e. The molecule has 2 rings (SSSR count). The van der Waals surface area contributed by atoms with Crippen LogP contribution in [0.3, 0.4) is 0 Å². The number of nitrogens with one attached hydrogen (secondary N) is 2. The van der Waals surface area contributed by atoms with Gasteiger partial charge in [0, 0.05) is 22.8 Å². The van der Waals surface area contributed by atoms with Crippen LogP contribution in [0.2, 0.25) is 5.02 Å². The van der Waals surface area contributed by atoms with Gasteiger partial charge in [-0.25, -0.2) is 9.97 Å². The topological polar surface area (TPSA) is 66.9 Å². The molecule has 0 fully saturated rings. The Hall–Kier alpha value is -2.14. The van der Waals surface area contributed by atoms with E-state index >= 15 is 0 Å². The van der Waals surface area contributed by atoms with Gasteiger partial charge in [0.1, 0.15) is 5.69 Å². The third-order valence-corrected chi connectivity index (χ3v) is 3.34. The molecule has 122 valence electrons. The number of aryl methyl sites for hydroxylation is 1. The fourth-order valence-electron chi connectivity index (χ4n) is 1.98. The molecular weight excluding hydrogens is 312 g/mol. The van der Waals surface area contributed by atoms with Gasteiger partial charge in [-0.2, -0.15) is 0 Å². The highest BCUT2D eigenvalue weighted by molar-refractivity contribution is 6.31. The van der Waals surface area contributed by atoms with Gasteiger partial charge in [-0.05, 0) is 45.4 Å². The smallest absolute Gasteiger partial charge is 0.270 e. The zero-order chi connectivity index (χ0) is 17.0. The Balaban J connectivity index is 2.14. The number of hydrogen-bond donors (Lipinski definition) is 2. The molecule has 2 aromatic rings. The number of carbonyl (C=O) groups excluding carboxylic acids is 1. The Morgan fingerprint density at radius 3 is 2.57 bits per heavy atom. The molecule has 1 aromatic heterocycles. The molecule has 2 N–H and O–H groups in total. The van der Waals surface area contributed by atoms with Gasteiger partial charge in [-0.15, -0.1) is 0 Å². The summed E-state index contributed by atoms with van der Waals surface area (Å²) in [5.41, 5.74) is 1.69. The highest BCUT2D eigenvalue weighted by atomic mass is 35.5. The average Bonchev–Trinajstić information content (AvgIpc) is 2.44. The van der Waals surface area contributed by atoms with E-state index in [1.54, 1.807) is 6.07 Å². The van der Waals surface area contributed by atoms with Gasteiger partial charge in [0.2, 0.25) is 5.95 Å². The quantitative estimate of drug-likeness (QED) is 0.898. The van der Waals surface area contributed by atoms with E-state index in [-0.39, 0.29) is 11.4 Å². The molecule has 0 bridgehead atoms. The van der Waals surface area contributed by atoms with Gasteiger partial charge >= 0.3 is 0 Å². The highest BCUT2D eigenvalue weighted by Crippen LogP contribution is 2.16. The summed E-state index contributed by atoms with van der Waals surface area (Å²) in [6.07, 6.45) is 0. The van der Waals surface area contributed by atoms with Crippen molar-refractivity contribution in [3.05, 3.63) is 52.3 Å². The maximum atomic E-state index is 12.2. The van der Waals surface area contributed by atoms with Crippen molar-refractivity contribution in [3.8, 4) is 0 Å². The predicted molar refractivity (Wildman–Crippen MR) is 92.8 cm³/mol. The first-order chi connectivity index (χ1) is 10.7. The van der Waals surface area contributed by atoms with Crippen molar-refractivity contribution in [2.75, 3.05) is 5.32 Å². The first kappa shape index (κ1) is 17.2. The van der Waals surface area contributed by atoms with Crippen LogP contribution in [-0.2, 0) is 6.54 Å². The second-order valence-electron chi connectivity index (χ2n) is 6.37. The SMILES string of the molecule is Cc1cc(C(=O)NC(C)(C)C)nc(NCc2ccccc2Cl)n1. The molecule has 1 aromatic carbocycles. The second-order valence-corrected chi connectivity index (χ2v) is 6.77. The minimum absolute atomic E-state index is 0.219. The highest BCUT2D eigenvalue weighted by Gasteiger charge is 2.17. The molecule has 6 heteroatoms. The van der Waals surface area contributed by atoms with Crippen LogP contribution < -0.4 is 10.6 Å². The zero-order valence-electron chi connectivity index (χ0n) is 13.8. The van der Waals surface area contributed by atoms with Crippen molar-refractivity contribution in [1.29, 1.82) is 0 Å². The van der Waals surface area contributed by atoms with Gasteiger partial charge in [-0.1, -0.05) is 29.8 Å². The second kappa shape index (κ2) is 6.96. The monoisotopic (exact) mass is 332 g/mol. The number of nitrogens with zero attached hydrogens (tertiary/aromatic N) is 2. The van der Waals surface area contributed by atoms with E-state index in [1.165, 1.54) is 0 Å². The summed E-state index contributed by atoms with van der Waals surface area (Å²) in [4.78, 5) is 20.8. The Morgan fingerprint density at radius 1 is 1.22 bits per heavy atom. The van der Waals surface area contributed by atoms with Crippen molar-refractivity contribution in [2.45, 2.75) is 39.8 Å². The van der Waals surface area contributed by atoms with Crippen molar-refractivity contribution in [2.24, 2.45) is 0 Å². The van der Waals surface area contributed by atoms with Crippen LogP contribution in [0.15, 0.2) is 30.3 Å². The van der Waals surface area contributed by atoms with Crippen molar-refractivity contribution >= 4 is 23.5 Å². The molecule has 5 nitrogen and oxygen atoms in total. The fraction of sp³-hybridized carbons (Fsp3) is 0.353. The third kappa shape index (κ3) is 5.21. The van der Waals surface area contributed by atoms with E-state index in [2.05, 4.69) is 20.6 Å². The van der Waals surface area contributed by atoms with Gasteiger partial charge in [-0.3, -0.25) is 4.79 Å². The van der Waals surface area contributed by atoms with Crippen LogP contribution in [-0.4, -0.2) is 21.4 Å². The number of hydrogen-bond acceptors (Lipinski definition) is 4. The van der Waals surface area contributed by atoms with Crippen molar-refractivity contribution in [1.82, 2.24) is 15.3 Å². The Labute approximate surface area is 141 Å². The van der Waals surface area contributed by atoms with E-state index < -0.39 is 0 Å². The molecule has 0 spiro atoms. The maximum absolute atomic E-state index is 12.2. The molecule has 0 aliphatic carbocycles. The molecule has 0 aliphatic heterocycles. The lowest BCUT2D eigenvalue weighted by molar-refractivity contribution is 0.0914. The summed E-state index contributed by atoms with van der Waals surface area (Å²) in [5.74, 6) is 0.188. The summed E-state index contributed by atoms with van der Waals surface area (Å²) < 4.78 is 0. The van der Waals surface area contributed by atoms with Crippen LogP contribution in [0.25, 0.3) is 0 Å². The number of amides is 1. The predicted octanol–water partition coefficient (Wildman–Crippen LogP) is 3.58. The molecule has 1 amide bonds. The molecule has 0 saturated carbocycles. The lowest BCUT2D eigenvalue weighted by atomic mass is 10.1. The van der Waals surface area contributed by atoms with Crippen LogP contribution >= 0.6 is 11.6 Å². The standard InChI is InChI=1S/C17H21ClN4O/c1-11-9-14(15(23)22-17(2,3)4)21-16(20-11)19-10-12-7-5-6-8-13(12)18/h5-9H,10H2,1-4H3,(H,22,23)(H,19,20,21). The Kier molecular flexibility index (Phi) is 5.21. The first-order valence-corrected chi connectivity index (χ1v) is 7.78. The fourth-order valence-corrected chi connectivity index (χ4v) is 2.19. The third-order valence-electron chi connectivity index (χ3n) is 2.97. The molecule has 0 radical (unpaired) electrons. The number of benzene rings is 1. The van der Waals surface area contributed by atoms with E-state index in [0.29, 0.717) is 23.2 Å². The summed E-state index contributed by atoms with van der Waals surface area (Å²) in [6.45, 7) is 8.10. The normalized spacial score (nSPS) is 11.2. The molecule has 23 heavy (non-hydrogen) atoms. The minimum Gasteiger partial charge on any atom is -0.350 e. The zero-order valence-corrected chi connectivity index (χ0v) is 14.5. The summed E-state index contributed by atoms with van der Waals surface area (Å²) in [5, 5.41) is 6.69. The molecule has 0 atom stereocenters. The van der Waals surface area contributed by atoms with Gasteiger partial charge in [0.25, 0.3) is 5.91 Å². The number of carbonyl (C=O) groups is 1. The van der Waals surface area contributed by atoms with Crippen molar-refractivity contribution < 1.29 is 4.79 Å². The molecule has 0 aliphatic rings. The summed E-state index contributed by atoms with van der Waals surface area (Å²) in [7, 11) is 0. The van der Waals surface area contributed by atoms with Gasteiger partial charge < -0.3 is 10.6 Å². The number of anilines is 1. The Morgan fingerprint density at radius 2 is 1.91 bits per heavy atom. The van der Waals surface area contributed by atoms with Gasteiger partial charge in [0.05, 0.1) is 0 Å².